The van der Waals surface area contributed by atoms with Crippen LogP contribution >= 0.6 is 0 Å². The van der Waals surface area contributed by atoms with Gasteiger partial charge in [0.05, 0.1) is 0 Å². The maximum Gasteiger partial charge on any atom is 0.167 e. The summed E-state index contributed by atoms with van der Waals surface area (Å²) in [4.78, 5) is 13.1. The van der Waals surface area contributed by atoms with E-state index in [2.05, 4.69) is 72.8 Å². The predicted octanol–water partition coefficient (Wildman–Crippen LogP) is 6.55. The van der Waals surface area contributed by atoms with Crippen LogP contribution in [0.3, 0.4) is 0 Å². The normalized spacial score (nSPS) is 13.1. The maximum atomic E-state index is 13.1. The molecule has 0 saturated heterocycles. The second-order valence-corrected chi connectivity index (χ2v) is 7.29. The van der Waals surface area contributed by atoms with E-state index in [4.69, 9.17) is 0 Å². The van der Waals surface area contributed by atoms with Crippen molar-refractivity contribution < 1.29 is 4.79 Å². The van der Waals surface area contributed by atoms with Gasteiger partial charge in [-0.25, -0.2) is 0 Å². The monoisotopic (exact) mass is 344 g/mol. The largest absolute Gasteiger partial charge is 0.294 e. The average molecular weight is 344 g/mol. The fraction of sp³-hybridized carbons (Fsp3) is 0.0385. The smallest absolute Gasteiger partial charge is 0.167 e. The molecule has 0 saturated carbocycles. The van der Waals surface area contributed by atoms with Crippen LogP contribution in [0.2, 0.25) is 0 Å². The zero-order chi connectivity index (χ0) is 18.0. The lowest BCUT2D eigenvalue weighted by molar-refractivity contribution is 0.0995. The molecular weight excluding hydrogens is 328 g/mol. The first-order valence-electron chi connectivity index (χ1n) is 9.30. The molecule has 0 N–H and O–H groups in total. The first kappa shape index (κ1) is 14.7. The molecule has 0 amide bonds. The van der Waals surface area contributed by atoms with Gasteiger partial charge in [-0.2, -0.15) is 0 Å². The van der Waals surface area contributed by atoms with Gasteiger partial charge in [-0.3, -0.25) is 4.79 Å². The highest BCUT2D eigenvalue weighted by molar-refractivity contribution is 6.24. The molecular formula is C26H16O. The van der Waals surface area contributed by atoms with E-state index in [1.807, 2.05) is 12.1 Å². The molecule has 0 radical (unpaired) electrons. The van der Waals surface area contributed by atoms with Crippen LogP contribution in [0, 0.1) is 0 Å². The summed E-state index contributed by atoms with van der Waals surface area (Å²) in [6, 6.07) is 29.6. The molecule has 0 unspecified atom stereocenters. The van der Waals surface area contributed by atoms with Crippen molar-refractivity contribution in [3.8, 4) is 11.1 Å². The average Bonchev–Trinajstić information content (AvgIpc) is 2.84. The van der Waals surface area contributed by atoms with Gasteiger partial charge in [-0.15, -0.1) is 0 Å². The molecule has 0 aliphatic heterocycles. The predicted molar refractivity (Wildman–Crippen MR) is 112 cm³/mol. The fourth-order valence-electron chi connectivity index (χ4n) is 4.64. The summed E-state index contributed by atoms with van der Waals surface area (Å²) in [5, 5.41) is 7.10. The third-order valence-corrected chi connectivity index (χ3v) is 5.82. The van der Waals surface area contributed by atoms with Crippen molar-refractivity contribution in [1.29, 1.82) is 0 Å². The van der Waals surface area contributed by atoms with E-state index >= 15 is 0 Å². The van der Waals surface area contributed by atoms with Crippen molar-refractivity contribution in [2.75, 3.05) is 0 Å². The SMILES string of the molecule is O=C1Cc2ccc3ccccc3c2-c2cc3ccccc3c3cccc1c23. The molecule has 0 fully saturated rings. The number of fused-ring (bicyclic) bond motifs is 6. The van der Waals surface area contributed by atoms with Crippen molar-refractivity contribution in [3.05, 3.63) is 96.1 Å². The van der Waals surface area contributed by atoms with Crippen LogP contribution in [0.4, 0.5) is 0 Å². The Morgan fingerprint density at radius 2 is 1.33 bits per heavy atom. The summed E-state index contributed by atoms with van der Waals surface area (Å²) in [5.41, 5.74) is 4.35. The minimum absolute atomic E-state index is 0.200. The number of Topliss-reactive ketones (excluding diaryl/α,β-unsaturated/α-hetero) is 1. The van der Waals surface area contributed by atoms with Crippen molar-refractivity contribution in [2.45, 2.75) is 6.42 Å². The maximum absolute atomic E-state index is 13.1. The Morgan fingerprint density at radius 3 is 2.22 bits per heavy atom. The lowest BCUT2D eigenvalue weighted by Gasteiger charge is -2.15. The number of carbonyl (C=O) groups excluding carboxylic acids is 1. The van der Waals surface area contributed by atoms with Crippen LogP contribution in [0.5, 0.6) is 0 Å². The molecule has 5 aromatic carbocycles. The van der Waals surface area contributed by atoms with Gasteiger partial charge in [-0.1, -0.05) is 78.9 Å². The Balaban J connectivity index is 1.92. The highest BCUT2D eigenvalue weighted by Crippen LogP contribution is 2.43. The Labute approximate surface area is 156 Å². The number of carbonyl (C=O) groups is 1. The zero-order valence-corrected chi connectivity index (χ0v) is 14.7. The summed E-state index contributed by atoms with van der Waals surface area (Å²) in [5.74, 6) is 0.200. The number of benzene rings is 5. The van der Waals surface area contributed by atoms with Crippen LogP contribution in [-0.4, -0.2) is 5.78 Å². The van der Waals surface area contributed by atoms with Gasteiger partial charge in [0.15, 0.2) is 5.78 Å². The second kappa shape index (κ2) is 5.28. The lowest BCUT2D eigenvalue weighted by Crippen LogP contribution is -2.02. The number of ketones is 1. The summed E-state index contributed by atoms with van der Waals surface area (Å²) in [7, 11) is 0. The van der Waals surface area contributed by atoms with Gasteiger partial charge < -0.3 is 0 Å². The topological polar surface area (TPSA) is 17.1 Å². The van der Waals surface area contributed by atoms with Gasteiger partial charge in [-0.05, 0) is 49.7 Å². The van der Waals surface area contributed by atoms with Crippen molar-refractivity contribution >= 4 is 38.1 Å². The lowest BCUT2D eigenvalue weighted by atomic mass is 9.88. The van der Waals surface area contributed by atoms with Crippen molar-refractivity contribution in [1.82, 2.24) is 0 Å². The molecule has 6 rings (SSSR count). The zero-order valence-electron chi connectivity index (χ0n) is 14.7. The molecule has 1 heteroatoms. The van der Waals surface area contributed by atoms with Crippen LogP contribution < -0.4 is 0 Å². The summed E-state index contributed by atoms with van der Waals surface area (Å²) < 4.78 is 0. The highest BCUT2D eigenvalue weighted by atomic mass is 16.1. The molecule has 27 heavy (non-hydrogen) atoms. The van der Waals surface area contributed by atoms with E-state index < -0.39 is 0 Å². The Kier molecular flexibility index (Phi) is 2.87. The molecule has 5 aromatic rings. The van der Waals surface area contributed by atoms with E-state index in [-0.39, 0.29) is 5.78 Å². The number of rotatable bonds is 0. The molecule has 1 nitrogen and oxygen atoms in total. The molecule has 0 aromatic heterocycles. The van der Waals surface area contributed by atoms with Gasteiger partial charge in [0.25, 0.3) is 0 Å². The van der Waals surface area contributed by atoms with Crippen molar-refractivity contribution in [2.24, 2.45) is 0 Å². The fourth-order valence-corrected chi connectivity index (χ4v) is 4.64. The summed E-state index contributed by atoms with van der Waals surface area (Å²) in [6.07, 6.45) is 0.449. The van der Waals surface area contributed by atoms with Gasteiger partial charge in [0, 0.05) is 17.4 Å². The Bertz CT molecular complexity index is 1410. The highest BCUT2D eigenvalue weighted by Gasteiger charge is 2.24. The number of hydrogen-bond donors (Lipinski definition) is 0. The molecule has 0 atom stereocenters. The summed E-state index contributed by atoms with van der Waals surface area (Å²) in [6.45, 7) is 0. The molecule has 1 aliphatic carbocycles. The van der Waals surface area contributed by atoms with E-state index in [0.29, 0.717) is 6.42 Å². The Morgan fingerprint density at radius 1 is 0.593 bits per heavy atom. The molecule has 1 aliphatic rings. The van der Waals surface area contributed by atoms with Crippen LogP contribution in [-0.2, 0) is 6.42 Å². The van der Waals surface area contributed by atoms with Crippen LogP contribution in [0.15, 0.2) is 84.9 Å². The van der Waals surface area contributed by atoms with Crippen LogP contribution in [0.1, 0.15) is 15.9 Å². The van der Waals surface area contributed by atoms with E-state index in [1.54, 1.807) is 0 Å². The Hall–Kier alpha value is -3.45. The molecule has 126 valence electrons. The molecule has 0 spiro atoms. The third kappa shape index (κ3) is 1.97. The van der Waals surface area contributed by atoms with Gasteiger partial charge >= 0.3 is 0 Å². The molecule has 0 heterocycles. The molecule has 0 bridgehead atoms. The van der Waals surface area contributed by atoms with E-state index in [0.717, 1.165) is 21.9 Å². The summed E-state index contributed by atoms with van der Waals surface area (Å²) >= 11 is 0. The van der Waals surface area contributed by atoms with Crippen LogP contribution in [0.25, 0.3) is 43.4 Å². The van der Waals surface area contributed by atoms with Crippen molar-refractivity contribution in [3.63, 3.8) is 0 Å². The second-order valence-electron chi connectivity index (χ2n) is 7.29. The standard InChI is InChI=1S/C26H16O/c27-24-15-18-13-12-16-6-1-4-9-20(16)25(18)23-14-17-7-2-3-8-19(17)21-10-5-11-22(24)26(21)23/h1-14H,15H2. The van der Waals surface area contributed by atoms with E-state index in [9.17, 15) is 4.79 Å². The quantitative estimate of drug-likeness (QED) is 0.291. The number of hydrogen-bond acceptors (Lipinski definition) is 1. The first-order chi connectivity index (χ1) is 13.3. The van der Waals surface area contributed by atoms with E-state index in [1.165, 1.54) is 32.7 Å². The minimum atomic E-state index is 0.200. The first-order valence-corrected chi connectivity index (χ1v) is 9.30. The third-order valence-electron chi connectivity index (χ3n) is 5.82. The minimum Gasteiger partial charge on any atom is -0.294 e. The van der Waals surface area contributed by atoms with Gasteiger partial charge in [0.1, 0.15) is 0 Å². The van der Waals surface area contributed by atoms with Gasteiger partial charge in [0.2, 0.25) is 0 Å².